The van der Waals surface area contributed by atoms with Crippen LogP contribution >= 0.6 is 14.5 Å². The summed E-state index contributed by atoms with van der Waals surface area (Å²) in [6.07, 6.45) is 20.5. The molecule has 0 aromatic carbocycles. The van der Waals surface area contributed by atoms with Crippen molar-refractivity contribution in [1.29, 1.82) is 0 Å². The first kappa shape index (κ1) is 22.2. The van der Waals surface area contributed by atoms with Crippen molar-refractivity contribution in [3.05, 3.63) is 24.8 Å². The fourth-order valence-corrected chi connectivity index (χ4v) is 16.5. The molecule has 0 amide bonds. The van der Waals surface area contributed by atoms with Gasteiger partial charge in [0.1, 0.15) is 7.05 Å². The van der Waals surface area contributed by atoms with Gasteiger partial charge in [-0.3, -0.25) is 0 Å². The Labute approximate surface area is 164 Å². The summed E-state index contributed by atoms with van der Waals surface area (Å²) in [5.74, 6) is 0. The number of hydrogen-bond donors (Lipinski definition) is 0. The largest absolute Gasteiger partial charge is 0.273 e. The maximum atomic E-state index is 2.66. The summed E-state index contributed by atoms with van der Waals surface area (Å²) in [5.41, 5.74) is 0. The molecule has 1 saturated carbocycles. The van der Waals surface area contributed by atoms with Crippen LogP contribution in [-0.2, 0) is 12.3 Å². The highest BCUT2D eigenvalue weighted by atomic mass is 31.2. The Morgan fingerprint density at radius 2 is 1.08 bits per heavy atom. The Hall–Kier alpha value is -0.0600. The van der Waals surface area contributed by atoms with E-state index in [0.717, 1.165) is 0 Å². The van der Waals surface area contributed by atoms with Crippen molar-refractivity contribution in [1.82, 2.24) is 0 Å². The quantitative estimate of drug-likeness (QED) is 0.401. The van der Waals surface area contributed by atoms with Gasteiger partial charge in [-0.2, -0.15) is 9.13 Å². The van der Waals surface area contributed by atoms with Gasteiger partial charge in [-0.05, 0) is 48.5 Å². The second kappa shape index (κ2) is 8.13. The smallest absolute Gasteiger partial charge is 0.197 e. The number of aryl methyl sites for hydroxylation is 1. The van der Waals surface area contributed by atoms with Crippen LogP contribution in [0, 0.1) is 0 Å². The van der Waals surface area contributed by atoms with E-state index in [1.165, 1.54) is 49.8 Å². The second-order valence-electron chi connectivity index (χ2n) is 8.69. The second-order valence-corrected chi connectivity index (χ2v) is 19.0. The summed E-state index contributed by atoms with van der Waals surface area (Å²) in [7, 11) is 0.243. The lowest BCUT2D eigenvalue weighted by molar-refractivity contribution is -0.778. The van der Waals surface area contributed by atoms with Crippen LogP contribution in [0.15, 0.2) is 24.8 Å². The van der Waals surface area contributed by atoms with Crippen LogP contribution in [0.1, 0.15) is 61.3 Å². The zero-order valence-electron chi connectivity index (χ0n) is 18.8. The Bertz CT molecular complexity index is 566. The lowest BCUT2D eigenvalue weighted by atomic mass is 9.79. The van der Waals surface area contributed by atoms with Gasteiger partial charge in [0.25, 0.3) is 5.28 Å². The normalized spacial score (nSPS) is 26.6. The van der Waals surface area contributed by atoms with Gasteiger partial charge in [0.05, 0.1) is 62.2 Å². The molecule has 1 aromatic rings. The first-order chi connectivity index (χ1) is 12.3. The standard InChI is InChI=1S/C22H44N2P2/c1-9-25(10-2,11-3)21(7)19-22(20-21,26(12-4,13-5)14-6)24-17-15-23(8)16-18-24/h15-18H,9-14,19-20H2,1-8H3/q+4. The first-order valence-corrected chi connectivity index (χ1v) is 15.6. The maximum Gasteiger partial charge on any atom is 0.273 e. The molecule has 0 bridgehead atoms. The molecular formula is C22H44N2P2+4. The van der Waals surface area contributed by atoms with E-state index in [-0.39, 0.29) is 0 Å². The molecule has 1 aliphatic rings. The molecule has 4 heteroatoms. The Balaban J connectivity index is 2.55. The number of nitrogens with zero attached hydrogens (tertiary/aromatic N) is 2. The zero-order valence-corrected chi connectivity index (χ0v) is 20.5. The molecule has 0 N–H and O–H groups in total. The third kappa shape index (κ3) is 3.08. The molecule has 26 heavy (non-hydrogen) atoms. The van der Waals surface area contributed by atoms with Crippen molar-refractivity contribution in [2.75, 3.05) is 37.0 Å². The van der Waals surface area contributed by atoms with E-state index in [4.69, 9.17) is 0 Å². The van der Waals surface area contributed by atoms with Crippen LogP contribution in [-0.4, -0.2) is 42.1 Å². The minimum atomic E-state index is -1.02. The molecule has 0 atom stereocenters. The summed E-state index contributed by atoms with van der Waals surface area (Å²) in [4.78, 5) is 0. The average molecular weight is 399 g/mol. The minimum absolute atomic E-state index is 0.402. The van der Waals surface area contributed by atoms with E-state index in [2.05, 4.69) is 89.4 Å². The molecule has 2 nitrogen and oxygen atoms in total. The maximum absolute atomic E-state index is 2.66. The van der Waals surface area contributed by atoms with Crippen molar-refractivity contribution in [3.8, 4) is 0 Å². The van der Waals surface area contributed by atoms with Crippen LogP contribution < -0.4 is 9.13 Å². The van der Waals surface area contributed by atoms with E-state index < -0.39 is 14.5 Å². The van der Waals surface area contributed by atoms with Crippen LogP contribution in [0.4, 0.5) is 0 Å². The Morgan fingerprint density at radius 1 is 0.692 bits per heavy atom. The number of aromatic nitrogens is 2. The summed E-state index contributed by atoms with van der Waals surface area (Å²) in [6.45, 7) is 17.5. The van der Waals surface area contributed by atoms with Crippen LogP contribution in [0.3, 0.4) is 0 Å². The van der Waals surface area contributed by atoms with Crippen molar-refractivity contribution in [2.24, 2.45) is 7.05 Å². The van der Waals surface area contributed by atoms with E-state index in [9.17, 15) is 0 Å². The highest BCUT2D eigenvalue weighted by molar-refractivity contribution is 7.78. The molecule has 1 fully saturated rings. The topological polar surface area (TPSA) is 7.76 Å². The molecule has 0 spiro atoms. The van der Waals surface area contributed by atoms with E-state index in [0.29, 0.717) is 10.4 Å². The van der Waals surface area contributed by atoms with Crippen LogP contribution in [0.5, 0.6) is 0 Å². The minimum Gasteiger partial charge on any atom is -0.197 e. The van der Waals surface area contributed by atoms with E-state index in [1.54, 1.807) is 0 Å². The highest BCUT2D eigenvalue weighted by Crippen LogP contribution is 2.85. The summed E-state index contributed by atoms with van der Waals surface area (Å²) < 4.78 is 4.84. The van der Waals surface area contributed by atoms with E-state index >= 15 is 0 Å². The molecule has 0 aliphatic heterocycles. The summed E-state index contributed by atoms with van der Waals surface area (Å²) >= 11 is 0. The molecular weight excluding hydrogens is 354 g/mol. The van der Waals surface area contributed by atoms with Gasteiger partial charge in [0.2, 0.25) is 24.8 Å². The monoisotopic (exact) mass is 398 g/mol. The number of hydrogen-bond acceptors (Lipinski definition) is 0. The third-order valence-electron chi connectivity index (χ3n) is 8.39. The van der Waals surface area contributed by atoms with Gasteiger partial charge >= 0.3 is 0 Å². The average Bonchev–Trinajstić information content (AvgIpc) is 2.64. The van der Waals surface area contributed by atoms with Gasteiger partial charge in [0, 0.05) is 7.26 Å². The van der Waals surface area contributed by atoms with Gasteiger partial charge < -0.3 is 0 Å². The molecule has 1 aliphatic carbocycles. The third-order valence-corrected chi connectivity index (χ3v) is 20.6. The summed E-state index contributed by atoms with van der Waals surface area (Å²) in [5, 5.41) is 0.986. The molecule has 0 unspecified atom stereocenters. The molecule has 2 rings (SSSR count). The SMILES string of the molecule is CC[P+](CC)(CC)C1(C)CC([n+]2cc[n+](C)cc2)([P+](CC)(CC)CC)C1. The van der Waals surface area contributed by atoms with Crippen molar-refractivity contribution in [3.63, 3.8) is 0 Å². The zero-order chi connectivity index (χ0) is 19.6. The lowest BCUT2D eigenvalue weighted by Gasteiger charge is -2.57. The number of rotatable bonds is 9. The van der Waals surface area contributed by atoms with Crippen molar-refractivity contribution < 1.29 is 9.13 Å². The van der Waals surface area contributed by atoms with Gasteiger partial charge in [-0.15, -0.1) is 0 Å². The molecule has 0 radical (unpaired) electrons. The van der Waals surface area contributed by atoms with Crippen molar-refractivity contribution >= 4 is 14.5 Å². The predicted molar refractivity (Wildman–Crippen MR) is 121 cm³/mol. The van der Waals surface area contributed by atoms with Gasteiger partial charge in [-0.1, -0.05) is 0 Å². The molecule has 0 saturated heterocycles. The Morgan fingerprint density at radius 3 is 1.42 bits per heavy atom. The van der Waals surface area contributed by atoms with Crippen LogP contribution in [0.25, 0.3) is 0 Å². The fourth-order valence-electron chi connectivity index (χ4n) is 6.37. The molecule has 1 aromatic heterocycles. The molecule has 148 valence electrons. The highest BCUT2D eigenvalue weighted by Gasteiger charge is 2.78. The van der Waals surface area contributed by atoms with Gasteiger partial charge in [-0.25, -0.2) is 0 Å². The fraction of sp³-hybridized carbons (Fsp3) is 0.818. The van der Waals surface area contributed by atoms with Gasteiger partial charge in [0.15, 0.2) is 0 Å². The lowest BCUT2D eigenvalue weighted by Crippen LogP contribution is -2.71. The molecule has 1 heterocycles. The van der Waals surface area contributed by atoms with Crippen LogP contribution in [0.2, 0.25) is 0 Å². The van der Waals surface area contributed by atoms with E-state index in [1.807, 2.05) is 0 Å². The summed E-state index contributed by atoms with van der Waals surface area (Å²) in [6, 6.07) is 0. The van der Waals surface area contributed by atoms with Crippen molar-refractivity contribution in [2.45, 2.75) is 71.7 Å². The Kier molecular flexibility index (Phi) is 6.95. The predicted octanol–water partition coefficient (Wildman–Crippen LogP) is 5.16. The first-order valence-electron chi connectivity index (χ1n) is 10.9.